The van der Waals surface area contributed by atoms with Crippen LogP contribution >= 0.6 is 0 Å². The summed E-state index contributed by atoms with van der Waals surface area (Å²) in [7, 11) is 1.52. The number of hydrazine groups is 1. The molecule has 4 N–H and O–H groups in total. The molecule has 0 saturated carbocycles. The summed E-state index contributed by atoms with van der Waals surface area (Å²) in [6, 6.07) is 21.6. The number of para-hydroxylation sites is 1. The Bertz CT molecular complexity index is 1160. The Kier molecular flexibility index (Phi) is 8.34. The second-order valence-electron chi connectivity index (χ2n) is 7.10. The monoisotopic (exact) mass is 460 g/mol. The largest absolute Gasteiger partial charge is 0.497 e. The fraction of sp³-hybridized carbons (Fsp3) is 0.120. The van der Waals surface area contributed by atoms with Crippen LogP contribution in [0.15, 0.2) is 78.9 Å². The third-order valence-corrected chi connectivity index (χ3v) is 4.76. The highest BCUT2D eigenvalue weighted by atomic mass is 16.5. The fourth-order valence-corrected chi connectivity index (χ4v) is 2.96. The van der Waals surface area contributed by atoms with E-state index in [2.05, 4.69) is 21.5 Å². The van der Waals surface area contributed by atoms with Crippen LogP contribution in [-0.4, -0.2) is 37.3 Å². The van der Waals surface area contributed by atoms with Gasteiger partial charge in [-0.15, -0.1) is 0 Å². The summed E-state index contributed by atoms with van der Waals surface area (Å²) in [4.78, 5) is 49.1. The molecule has 174 valence electrons. The second kappa shape index (κ2) is 11.8. The van der Waals surface area contributed by atoms with Crippen LogP contribution < -0.4 is 26.2 Å². The molecule has 0 aliphatic heterocycles. The van der Waals surface area contributed by atoms with E-state index < -0.39 is 17.7 Å². The van der Waals surface area contributed by atoms with Crippen molar-refractivity contribution < 1.29 is 23.9 Å². The van der Waals surface area contributed by atoms with Crippen LogP contribution in [0.2, 0.25) is 0 Å². The van der Waals surface area contributed by atoms with Gasteiger partial charge in [-0.1, -0.05) is 30.3 Å². The van der Waals surface area contributed by atoms with Gasteiger partial charge in [0.15, 0.2) is 0 Å². The van der Waals surface area contributed by atoms with Crippen LogP contribution in [0.1, 0.15) is 37.5 Å². The van der Waals surface area contributed by atoms with Crippen molar-refractivity contribution in [2.75, 3.05) is 19.0 Å². The zero-order valence-electron chi connectivity index (χ0n) is 18.5. The van der Waals surface area contributed by atoms with Gasteiger partial charge in [0, 0.05) is 24.1 Å². The molecule has 3 aromatic carbocycles. The van der Waals surface area contributed by atoms with Gasteiger partial charge in [0.05, 0.1) is 18.4 Å². The quantitative estimate of drug-likeness (QED) is 0.385. The number of carbonyl (C=O) groups is 4. The Labute approximate surface area is 196 Å². The minimum atomic E-state index is -0.483. The molecule has 0 spiro atoms. The first-order chi connectivity index (χ1) is 16.5. The van der Waals surface area contributed by atoms with E-state index in [4.69, 9.17) is 4.74 Å². The number of benzene rings is 3. The molecule has 0 atom stereocenters. The second-order valence-corrected chi connectivity index (χ2v) is 7.10. The van der Waals surface area contributed by atoms with E-state index in [1.807, 2.05) is 0 Å². The van der Waals surface area contributed by atoms with Crippen molar-refractivity contribution in [2.45, 2.75) is 6.42 Å². The summed E-state index contributed by atoms with van der Waals surface area (Å²) in [6.45, 7) is 0.0318. The molecular formula is C25H24N4O5. The van der Waals surface area contributed by atoms with Gasteiger partial charge in [0.1, 0.15) is 5.75 Å². The van der Waals surface area contributed by atoms with E-state index in [0.717, 1.165) is 0 Å². The molecule has 0 aliphatic carbocycles. The molecule has 9 nitrogen and oxygen atoms in total. The SMILES string of the molecule is COc1ccc(C(=O)NNC(=O)CCNC(=O)c2ccccc2NC(=O)c2ccccc2)cc1. The lowest BCUT2D eigenvalue weighted by molar-refractivity contribution is -0.121. The number of anilines is 1. The Balaban J connectivity index is 1.47. The van der Waals surface area contributed by atoms with Crippen molar-refractivity contribution in [3.05, 3.63) is 95.6 Å². The van der Waals surface area contributed by atoms with E-state index in [9.17, 15) is 19.2 Å². The maximum atomic E-state index is 12.6. The topological polar surface area (TPSA) is 126 Å². The van der Waals surface area contributed by atoms with Crippen molar-refractivity contribution in [3.8, 4) is 5.75 Å². The summed E-state index contributed by atoms with van der Waals surface area (Å²) in [5, 5.41) is 5.37. The molecule has 0 fully saturated rings. The summed E-state index contributed by atoms with van der Waals surface area (Å²) < 4.78 is 5.03. The summed E-state index contributed by atoms with van der Waals surface area (Å²) in [6.07, 6.45) is -0.0623. The van der Waals surface area contributed by atoms with Gasteiger partial charge >= 0.3 is 0 Å². The molecule has 34 heavy (non-hydrogen) atoms. The van der Waals surface area contributed by atoms with Crippen LogP contribution in [0.3, 0.4) is 0 Å². The predicted octanol–water partition coefficient (Wildman–Crippen LogP) is 2.53. The maximum absolute atomic E-state index is 12.6. The van der Waals surface area contributed by atoms with E-state index in [0.29, 0.717) is 22.6 Å². The third kappa shape index (κ3) is 6.67. The van der Waals surface area contributed by atoms with Gasteiger partial charge in [-0.2, -0.15) is 0 Å². The maximum Gasteiger partial charge on any atom is 0.269 e. The van der Waals surface area contributed by atoms with Crippen molar-refractivity contribution in [1.82, 2.24) is 16.2 Å². The number of hydrogen-bond acceptors (Lipinski definition) is 5. The van der Waals surface area contributed by atoms with Crippen LogP contribution in [-0.2, 0) is 4.79 Å². The molecule has 3 aromatic rings. The number of nitrogens with one attached hydrogen (secondary N) is 4. The average Bonchev–Trinajstić information content (AvgIpc) is 2.88. The Morgan fingerprint density at radius 1 is 0.706 bits per heavy atom. The highest BCUT2D eigenvalue weighted by Gasteiger charge is 2.14. The molecule has 9 heteroatoms. The van der Waals surface area contributed by atoms with E-state index >= 15 is 0 Å². The van der Waals surface area contributed by atoms with Gasteiger partial charge in [-0.3, -0.25) is 30.0 Å². The van der Waals surface area contributed by atoms with Gasteiger partial charge in [0.25, 0.3) is 17.7 Å². The molecule has 0 heterocycles. The lowest BCUT2D eigenvalue weighted by Crippen LogP contribution is -2.42. The van der Waals surface area contributed by atoms with Crippen molar-refractivity contribution >= 4 is 29.3 Å². The molecule has 0 aliphatic rings. The van der Waals surface area contributed by atoms with Crippen molar-refractivity contribution in [1.29, 1.82) is 0 Å². The molecular weight excluding hydrogens is 436 g/mol. The molecule has 0 unspecified atom stereocenters. The Morgan fingerprint density at radius 3 is 2.06 bits per heavy atom. The van der Waals surface area contributed by atoms with Crippen molar-refractivity contribution in [3.63, 3.8) is 0 Å². The van der Waals surface area contributed by atoms with Gasteiger partial charge in [0.2, 0.25) is 5.91 Å². The van der Waals surface area contributed by atoms with Crippen molar-refractivity contribution in [2.24, 2.45) is 0 Å². The summed E-state index contributed by atoms with van der Waals surface area (Å²) in [5.74, 6) is -1.14. The van der Waals surface area contributed by atoms with Crippen LogP contribution in [0.5, 0.6) is 5.75 Å². The highest BCUT2D eigenvalue weighted by molar-refractivity contribution is 6.09. The molecule has 0 aromatic heterocycles. The summed E-state index contributed by atoms with van der Waals surface area (Å²) >= 11 is 0. The van der Waals surface area contributed by atoms with Crippen LogP contribution in [0.25, 0.3) is 0 Å². The normalized spacial score (nSPS) is 10.0. The van der Waals surface area contributed by atoms with Gasteiger partial charge in [-0.25, -0.2) is 0 Å². The number of carbonyl (C=O) groups excluding carboxylic acids is 4. The lowest BCUT2D eigenvalue weighted by atomic mass is 10.1. The molecule has 0 saturated heterocycles. The molecule has 4 amide bonds. The minimum absolute atomic E-state index is 0.0318. The average molecular weight is 460 g/mol. The predicted molar refractivity (Wildman–Crippen MR) is 126 cm³/mol. The Hall–Kier alpha value is -4.66. The van der Waals surface area contributed by atoms with Gasteiger partial charge < -0.3 is 15.4 Å². The first kappa shape index (κ1) is 24.0. The molecule has 0 bridgehead atoms. The zero-order chi connectivity index (χ0) is 24.3. The van der Waals surface area contributed by atoms with E-state index in [1.54, 1.807) is 78.9 Å². The summed E-state index contributed by atoms with van der Waals surface area (Å²) in [5.41, 5.74) is 6.04. The Morgan fingerprint density at radius 2 is 1.35 bits per heavy atom. The highest BCUT2D eigenvalue weighted by Crippen LogP contribution is 2.16. The van der Waals surface area contributed by atoms with Crippen LogP contribution in [0.4, 0.5) is 5.69 Å². The first-order valence-electron chi connectivity index (χ1n) is 10.4. The number of rotatable bonds is 8. The molecule has 3 rings (SSSR count). The number of amides is 4. The fourth-order valence-electron chi connectivity index (χ4n) is 2.96. The lowest BCUT2D eigenvalue weighted by Gasteiger charge is -2.12. The number of ether oxygens (including phenoxy) is 1. The number of hydrogen-bond donors (Lipinski definition) is 4. The zero-order valence-corrected chi connectivity index (χ0v) is 18.5. The van der Waals surface area contributed by atoms with E-state index in [-0.39, 0.29) is 24.4 Å². The molecule has 0 radical (unpaired) electrons. The van der Waals surface area contributed by atoms with E-state index in [1.165, 1.54) is 7.11 Å². The standard InChI is InChI=1S/C25H24N4O5/c1-34-19-13-11-18(12-14-19)24(32)29-28-22(30)15-16-26-25(33)20-9-5-6-10-21(20)27-23(31)17-7-3-2-4-8-17/h2-14H,15-16H2,1H3,(H,26,33)(H,27,31)(H,28,30)(H,29,32). The first-order valence-corrected chi connectivity index (χ1v) is 10.4. The third-order valence-electron chi connectivity index (χ3n) is 4.76. The smallest absolute Gasteiger partial charge is 0.269 e. The van der Waals surface area contributed by atoms with Crippen LogP contribution in [0, 0.1) is 0 Å². The minimum Gasteiger partial charge on any atom is -0.497 e. The van der Waals surface area contributed by atoms with Gasteiger partial charge in [-0.05, 0) is 48.5 Å². The number of methoxy groups -OCH3 is 1.